The van der Waals surface area contributed by atoms with Crippen LogP contribution in [0.1, 0.15) is 0 Å². The molecule has 1 aliphatic heterocycles. The van der Waals surface area contributed by atoms with E-state index < -0.39 is 22.5 Å². The number of sulfonamides is 1. The van der Waals surface area contributed by atoms with Gasteiger partial charge in [0.15, 0.2) is 0 Å². The second kappa shape index (κ2) is 6.31. The molecule has 7 nitrogen and oxygen atoms in total. The number of aliphatic hydroxyl groups is 1. The first-order valence-electron chi connectivity index (χ1n) is 6.13. The van der Waals surface area contributed by atoms with E-state index in [1.54, 1.807) is 12.1 Å². The van der Waals surface area contributed by atoms with Crippen molar-refractivity contribution in [1.82, 2.24) is 4.31 Å². The molecular weight excluding hydrogens is 284 g/mol. The number of aliphatic hydroxyl groups excluding tert-OH is 1. The summed E-state index contributed by atoms with van der Waals surface area (Å²) in [6, 6.07) is 5.95. The van der Waals surface area contributed by atoms with E-state index in [-0.39, 0.29) is 4.90 Å². The zero-order chi connectivity index (χ0) is 14.6. The zero-order valence-electron chi connectivity index (χ0n) is 10.8. The zero-order valence-corrected chi connectivity index (χ0v) is 11.6. The molecule has 0 aromatic heterocycles. The fraction of sp³-hybridized carbons (Fsp3) is 0.417. The van der Waals surface area contributed by atoms with Gasteiger partial charge in [-0.05, 0) is 18.2 Å². The Morgan fingerprint density at radius 2 is 2.05 bits per heavy atom. The topological polar surface area (TPSA) is 95.9 Å². The average molecular weight is 300 g/mol. The number of carbonyl (C=O) groups is 1. The smallest absolute Gasteiger partial charge is 0.250 e. The predicted octanol–water partition coefficient (Wildman–Crippen LogP) is -0.362. The van der Waals surface area contributed by atoms with E-state index >= 15 is 0 Å². The highest BCUT2D eigenvalue weighted by atomic mass is 32.2. The number of carbonyl (C=O) groups excluding carboxylic acids is 1. The van der Waals surface area contributed by atoms with Crippen LogP contribution >= 0.6 is 0 Å². The average Bonchev–Trinajstić information content (AvgIpc) is 2.48. The van der Waals surface area contributed by atoms with Crippen LogP contribution in [0, 0.1) is 0 Å². The Morgan fingerprint density at radius 3 is 2.70 bits per heavy atom. The molecule has 1 fully saturated rings. The van der Waals surface area contributed by atoms with Gasteiger partial charge in [-0.2, -0.15) is 4.31 Å². The van der Waals surface area contributed by atoms with Gasteiger partial charge in [0, 0.05) is 18.8 Å². The molecule has 0 atom stereocenters. The summed E-state index contributed by atoms with van der Waals surface area (Å²) < 4.78 is 31.3. The maximum Gasteiger partial charge on any atom is 0.250 e. The first kappa shape index (κ1) is 14.9. The molecule has 1 aliphatic rings. The van der Waals surface area contributed by atoms with Gasteiger partial charge in [0.05, 0.1) is 18.1 Å². The van der Waals surface area contributed by atoms with Crippen LogP contribution < -0.4 is 5.32 Å². The first-order valence-corrected chi connectivity index (χ1v) is 7.57. The van der Waals surface area contributed by atoms with Crippen molar-refractivity contribution >= 4 is 21.6 Å². The van der Waals surface area contributed by atoms with Crippen LogP contribution in [0.15, 0.2) is 29.2 Å². The Balaban J connectivity index is 2.23. The van der Waals surface area contributed by atoms with E-state index in [1.165, 1.54) is 16.4 Å². The number of anilines is 1. The van der Waals surface area contributed by atoms with E-state index in [0.29, 0.717) is 32.0 Å². The fourth-order valence-electron chi connectivity index (χ4n) is 1.87. The minimum Gasteiger partial charge on any atom is -0.387 e. The van der Waals surface area contributed by atoms with E-state index in [0.717, 1.165) is 0 Å². The van der Waals surface area contributed by atoms with Crippen molar-refractivity contribution in [1.29, 1.82) is 0 Å². The minimum absolute atomic E-state index is 0.107. The fourth-order valence-corrected chi connectivity index (χ4v) is 3.33. The molecule has 0 bridgehead atoms. The lowest BCUT2D eigenvalue weighted by molar-refractivity contribution is -0.118. The maximum atomic E-state index is 12.4. The van der Waals surface area contributed by atoms with Gasteiger partial charge in [0.2, 0.25) is 15.9 Å². The molecule has 0 saturated carbocycles. The molecule has 0 radical (unpaired) electrons. The van der Waals surface area contributed by atoms with Gasteiger partial charge >= 0.3 is 0 Å². The van der Waals surface area contributed by atoms with Crippen LogP contribution in [0.25, 0.3) is 0 Å². The van der Waals surface area contributed by atoms with Gasteiger partial charge in [-0.25, -0.2) is 8.42 Å². The molecule has 110 valence electrons. The van der Waals surface area contributed by atoms with Gasteiger partial charge < -0.3 is 15.2 Å². The van der Waals surface area contributed by atoms with E-state index in [9.17, 15) is 13.2 Å². The van der Waals surface area contributed by atoms with Crippen molar-refractivity contribution in [3.05, 3.63) is 24.3 Å². The van der Waals surface area contributed by atoms with Gasteiger partial charge in [-0.15, -0.1) is 0 Å². The number of hydrogen-bond donors (Lipinski definition) is 2. The number of rotatable bonds is 4. The van der Waals surface area contributed by atoms with Gasteiger partial charge in [-0.3, -0.25) is 4.79 Å². The lowest BCUT2D eigenvalue weighted by atomic mass is 10.3. The van der Waals surface area contributed by atoms with Crippen molar-refractivity contribution in [2.24, 2.45) is 0 Å². The number of nitrogens with one attached hydrogen (secondary N) is 1. The molecule has 8 heteroatoms. The molecule has 1 aromatic rings. The lowest BCUT2D eigenvalue weighted by Crippen LogP contribution is -2.40. The van der Waals surface area contributed by atoms with Crippen LogP contribution in [0.4, 0.5) is 5.69 Å². The van der Waals surface area contributed by atoms with Crippen molar-refractivity contribution in [3.63, 3.8) is 0 Å². The third-order valence-electron chi connectivity index (χ3n) is 2.87. The summed E-state index contributed by atoms with van der Waals surface area (Å²) in [5.74, 6) is -0.592. The highest BCUT2D eigenvalue weighted by molar-refractivity contribution is 7.89. The quantitative estimate of drug-likeness (QED) is 0.791. The van der Waals surface area contributed by atoms with E-state index in [2.05, 4.69) is 5.32 Å². The highest BCUT2D eigenvalue weighted by Crippen LogP contribution is 2.20. The molecule has 1 aromatic carbocycles. The molecule has 1 saturated heterocycles. The summed E-state index contributed by atoms with van der Waals surface area (Å²) >= 11 is 0. The molecule has 2 rings (SSSR count). The van der Waals surface area contributed by atoms with Gasteiger partial charge in [0.25, 0.3) is 0 Å². The summed E-state index contributed by atoms with van der Waals surface area (Å²) in [4.78, 5) is 11.2. The van der Waals surface area contributed by atoms with Crippen molar-refractivity contribution in [3.8, 4) is 0 Å². The molecule has 2 N–H and O–H groups in total. The highest BCUT2D eigenvalue weighted by Gasteiger charge is 2.26. The summed E-state index contributed by atoms with van der Waals surface area (Å²) in [5, 5.41) is 11.1. The third kappa shape index (κ3) is 3.34. The summed E-state index contributed by atoms with van der Waals surface area (Å²) in [5.41, 5.74) is 0.332. The van der Waals surface area contributed by atoms with Crippen LogP contribution in [0.2, 0.25) is 0 Å². The molecule has 1 heterocycles. The van der Waals surface area contributed by atoms with E-state index in [1.807, 2.05) is 0 Å². The first-order chi connectivity index (χ1) is 9.54. The summed E-state index contributed by atoms with van der Waals surface area (Å²) in [6.07, 6.45) is 0. The number of hydrogen-bond acceptors (Lipinski definition) is 5. The SMILES string of the molecule is O=C(CO)Nc1cccc(S(=O)(=O)N2CCOCC2)c1. The summed E-state index contributed by atoms with van der Waals surface area (Å²) in [6.45, 7) is 0.728. The second-order valence-corrected chi connectivity index (χ2v) is 6.19. The van der Waals surface area contributed by atoms with Crippen LogP contribution in [-0.2, 0) is 19.6 Å². The largest absolute Gasteiger partial charge is 0.387 e. The van der Waals surface area contributed by atoms with Crippen LogP contribution in [0.3, 0.4) is 0 Å². The van der Waals surface area contributed by atoms with Gasteiger partial charge in [0.1, 0.15) is 6.61 Å². The third-order valence-corrected chi connectivity index (χ3v) is 4.76. The minimum atomic E-state index is -3.59. The number of benzene rings is 1. The number of morpholine rings is 1. The number of nitrogens with zero attached hydrogens (tertiary/aromatic N) is 1. The predicted molar refractivity (Wildman–Crippen MR) is 71.7 cm³/mol. The molecule has 0 spiro atoms. The van der Waals surface area contributed by atoms with Gasteiger partial charge in [-0.1, -0.05) is 6.07 Å². The number of amides is 1. The van der Waals surface area contributed by atoms with Crippen molar-refractivity contribution in [2.75, 3.05) is 38.2 Å². The molecular formula is C12H16N2O5S. The molecule has 0 unspecified atom stereocenters. The monoisotopic (exact) mass is 300 g/mol. The number of ether oxygens (including phenoxy) is 1. The second-order valence-electron chi connectivity index (χ2n) is 4.25. The van der Waals surface area contributed by atoms with Crippen molar-refractivity contribution in [2.45, 2.75) is 4.90 Å². The van der Waals surface area contributed by atoms with Crippen LogP contribution in [-0.4, -0.2) is 56.6 Å². The van der Waals surface area contributed by atoms with Crippen LogP contribution in [0.5, 0.6) is 0 Å². The Hall–Kier alpha value is -1.48. The normalized spacial score (nSPS) is 16.9. The molecule has 1 amide bonds. The Morgan fingerprint density at radius 1 is 1.35 bits per heavy atom. The maximum absolute atomic E-state index is 12.4. The lowest BCUT2D eigenvalue weighted by Gasteiger charge is -2.26. The van der Waals surface area contributed by atoms with E-state index in [4.69, 9.17) is 9.84 Å². The summed E-state index contributed by atoms with van der Waals surface area (Å²) in [7, 11) is -3.59. The molecule has 20 heavy (non-hydrogen) atoms. The Kier molecular flexibility index (Phi) is 4.71. The Bertz CT molecular complexity index is 581. The van der Waals surface area contributed by atoms with Crippen molar-refractivity contribution < 1.29 is 23.1 Å². The standard InChI is InChI=1S/C12H16N2O5S/c15-9-12(16)13-10-2-1-3-11(8-10)20(17,18)14-4-6-19-7-5-14/h1-3,8,15H,4-7,9H2,(H,13,16). The molecule has 0 aliphatic carbocycles. The Labute approximate surface area is 117 Å².